The SMILES string of the molecule is Cc1nn2c(C(C)C)c(C(=O)NC3CCc4[nH]ncc43)ccc2c1-c1c(F)cccc1F. The van der Waals surface area contributed by atoms with Gasteiger partial charge < -0.3 is 5.32 Å². The first-order valence-electron chi connectivity index (χ1n) is 10.7. The smallest absolute Gasteiger partial charge is 0.253 e. The molecule has 32 heavy (non-hydrogen) atoms. The van der Waals surface area contributed by atoms with Gasteiger partial charge in [-0.3, -0.25) is 9.89 Å². The third-order valence-corrected chi connectivity index (χ3v) is 6.13. The predicted molar refractivity (Wildman–Crippen MR) is 116 cm³/mol. The van der Waals surface area contributed by atoms with Crippen LogP contribution >= 0.6 is 0 Å². The van der Waals surface area contributed by atoms with Gasteiger partial charge in [-0.25, -0.2) is 13.3 Å². The lowest BCUT2D eigenvalue weighted by molar-refractivity contribution is 0.0934. The zero-order valence-electron chi connectivity index (χ0n) is 18.0. The number of nitrogens with one attached hydrogen (secondary N) is 2. The van der Waals surface area contributed by atoms with E-state index in [2.05, 4.69) is 20.6 Å². The van der Waals surface area contributed by atoms with Crippen molar-refractivity contribution >= 4 is 11.4 Å². The number of aromatic amines is 1. The third kappa shape index (κ3) is 3.09. The van der Waals surface area contributed by atoms with Crippen molar-refractivity contribution in [2.45, 2.75) is 45.6 Å². The van der Waals surface area contributed by atoms with Crippen molar-refractivity contribution in [1.29, 1.82) is 0 Å². The molecule has 3 heterocycles. The van der Waals surface area contributed by atoms with Gasteiger partial charge in [-0.05, 0) is 49.9 Å². The highest BCUT2D eigenvalue weighted by Gasteiger charge is 2.28. The topological polar surface area (TPSA) is 75.1 Å². The highest BCUT2D eigenvalue weighted by Crippen LogP contribution is 2.35. The van der Waals surface area contributed by atoms with E-state index in [1.807, 2.05) is 13.8 Å². The molecular weight excluding hydrogens is 412 g/mol. The van der Waals surface area contributed by atoms with Crippen molar-refractivity contribution in [3.05, 3.63) is 76.4 Å². The zero-order chi connectivity index (χ0) is 22.6. The fourth-order valence-electron chi connectivity index (χ4n) is 4.69. The number of aryl methyl sites for hydroxylation is 2. The Balaban J connectivity index is 1.61. The minimum Gasteiger partial charge on any atom is -0.345 e. The van der Waals surface area contributed by atoms with Crippen LogP contribution in [0.25, 0.3) is 16.6 Å². The molecule has 1 atom stereocenters. The molecule has 164 valence electrons. The van der Waals surface area contributed by atoms with E-state index in [9.17, 15) is 13.6 Å². The van der Waals surface area contributed by atoms with Crippen molar-refractivity contribution in [3.8, 4) is 11.1 Å². The Morgan fingerprint density at radius 2 is 1.94 bits per heavy atom. The van der Waals surface area contributed by atoms with Gasteiger partial charge in [-0.15, -0.1) is 0 Å². The molecule has 1 aliphatic rings. The summed E-state index contributed by atoms with van der Waals surface area (Å²) in [5.41, 5.74) is 4.59. The summed E-state index contributed by atoms with van der Waals surface area (Å²) in [6, 6.07) is 7.13. The number of benzene rings is 1. The number of H-pyrrole nitrogens is 1. The zero-order valence-corrected chi connectivity index (χ0v) is 18.0. The molecule has 0 saturated carbocycles. The number of aromatic nitrogens is 4. The normalized spacial score (nSPS) is 15.5. The number of rotatable bonds is 4. The number of pyridine rings is 1. The molecule has 0 fully saturated rings. The van der Waals surface area contributed by atoms with E-state index in [1.165, 1.54) is 18.2 Å². The maximum atomic E-state index is 14.6. The quantitative estimate of drug-likeness (QED) is 0.481. The van der Waals surface area contributed by atoms with Crippen LogP contribution in [0.1, 0.15) is 65.2 Å². The summed E-state index contributed by atoms with van der Waals surface area (Å²) in [7, 11) is 0. The van der Waals surface area contributed by atoms with Gasteiger partial charge in [-0.2, -0.15) is 10.2 Å². The van der Waals surface area contributed by atoms with Gasteiger partial charge in [0, 0.05) is 16.8 Å². The Morgan fingerprint density at radius 1 is 1.19 bits per heavy atom. The van der Waals surface area contributed by atoms with E-state index in [0.29, 0.717) is 28.0 Å². The minimum atomic E-state index is -0.645. The maximum absolute atomic E-state index is 14.6. The van der Waals surface area contributed by atoms with Crippen LogP contribution < -0.4 is 5.32 Å². The summed E-state index contributed by atoms with van der Waals surface area (Å²) < 4.78 is 30.8. The monoisotopic (exact) mass is 435 g/mol. The van der Waals surface area contributed by atoms with Crippen molar-refractivity contribution in [2.75, 3.05) is 0 Å². The van der Waals surface area contributed by atoms with Crippen LogP contribution in [0, 0.1) is 18.6 Å². The fourth-order valence-corrected chi connectivity index (χ4v) is 4.69. The predicted octanol–water partition coefficient (Wildman–Crippen LogP) is 4.85. The summed E-state index contributed by atoms with van der Waals surface area (Å²) in [5, 5.41) is 14.7. The van der Waals surface area contributed by atoms with Gasteiger partial charge in [0.15, 0.2) is 0 Å². The molecule has 1 aromatic carbocycles. The Hall–Kier alpha value is -3.55. The van der Waals surface area contributed by atoms with E-state index in [0.717, 1.165) is 24.1 Å². The summed E-state index contributed by atoms with van der Waals surface area (Å²) in [6.45, 7) is 5.66. The first kappa shape index (κ1) is 20.4. The van der Waals surface area contributed by atoms with Gasteiger partial charge >= 0.3 is 0 Å². The number of halogens is 2. The summed E-state index contributed by atoms with van der Waals surface area (Å²) in [6.07, 6.45) is 3.41. The second-order valence-corrected chi connectivity index (χ2v) is 8.51. The van der Waals surface area contributed by atoms with Crippen LogP contribution in [0.3, 0.4) is 0 Å². The number of hydrogen-bond donors (Lipinski definition) is 2. The molecule has 0 aliphatic heterocycles. The number of hydrogen-bond acceptors (Lipinski definition) is 3. The molecule has 1 unspecified atom stereocenters. The molecule has 1 aliphatic carbocycles. The van der Waals surface area contributed by atoms with Crippen LogP contribution in [0.5, 0.6) is 0 Å². The number of amides is 1. The van der Waals surface area contributed by atoms with Crippen LogP contribution in [-0.4, -0.2) is 25.7 Å². The van der Waals surface area contributed by atoms with E-state index in [4.69, 9.17) is 0 Å². The average Bonchev–Trinajstić information content (AvgIpc) is 3.43. The van der Waals surface area contributed by atoms with Crippen molar-refractivity contribution < 1.29 is 13.6 Å². The molecule has 2 N–H and O–H groups in total. The van der Waals surface area contributed by atoms with Crippen molar-refractivity contribution in [1.82, 2.24) is 25.1 Å². The molecule has 4 aromatic rings. The summed E-state index contributed by atoms with van der Waals surface area (Å²) in [4.78, 5) is 13.3. The maximum Gasteiger partial charge on any atom is 0.253 e. The standard InChI is InChI=1S/C24H23F2N5O/c1-12(2)23-14(24(32)28-18-8-9-19-15(18)11-27-29-19)7-10-20-21(13(3)30-31(20)23)22-16(25)5-4-6-17(22)26/h4-7,10-12,18H,8-9H2,1-3H3,(H,27,29)(H,28,32). The molecule has 0 spiro atoms. The lowest BCUT2D eigenvalue weighted by Crippen LogP contribution is -2.29. The summed E-state index contributed by atoms with van der Waals surface area (Å²) >= 11 is 0. The molecule has 0 bridgehead atoms. The average molecular weight is 435 g/mol. The second-order valence-electron chi connectivity index (χ2n) is 8.51. The molecule has 1 amide bonds. The lowest BCUT2D eigenvalue weighted by atomic mass is 9.99. The Morgan fingerprint density at radius 3 is 2.66 bits per heavy atom. The molecular formula is C24H23F2N5O. The number of fused-ring (bicyclic) bond motifs is 2. The van der Waals surface area contributed by atoms with Crippen molar-refractivity contribution in [3.63, 3.8) is 0 Å². The number of carbonyl (C=O) groups excluding carboxylic acids is 1. The van der Waals surface area contributed by atoms with Gasteiger partial charge in [0.05, 0.1) is 40.3 Å². The Labute approximate surface area is 183 Å². The largest absolute Gasteiger partial charge is 0.345 e. The molecule has 8 heteroatoms. The molecule has 3 aromatic heterocycles. The first-order valence-corrected chi connectivity index (χ1v) is 10.7. The number of nitrogens with zero attached hydrogens (tertiary/aromatic N) is 3. The van der Waals surface area contributed by atoms with Crippen LogP contribution in [0.4, 0.5) is 8.78 Å². The third-order valence-electron chi connectivity index (χ3n) is 6.13. The Bertz CT molecular complexity index is 1330. The molecule has 0 radical (unpaired) electrons. The van der Waals surface area contributed by atoms with Gasteiger partial charge in [0.2, 0.25) is 0 Å². The number of carbonyl (C=O) groups is 1. The first-order chi connectivity index (χ1) is 15.4. The lowest BCUT2D eigenvalue weighted by Gasteiger charge is -2.18. The van der Waals surface area contributed by atoms with E-state index >= 15 is 0 Å². The second kappa shape index (κ2) is 7.55. The van der Waals surface area contributed by atoms with Crippen LogP contribution in [-0.2, 0) is 6.42 Å². The van der Waals surface area contributed by atoms with E-state index in [-0.39, 0.29) is 23.4 Å². The molecule has 6 nitrogen and oxygen atoms in total. The molecule has 5 rings (SSSR count). The highest BCUT2D eigenvalue weighted by molar-refractivity contribution is 5.97. The van der Waals surface area contributed by atoms with E-state index < -0.39 is 11.6 Å². The molecule has 0 saturated heterocycles. The summed E-state index contributed by atoms with van der Waals surface area (Å²) in [5.74, 6) is -1.55. The van der Waals surface area contributed by atoms with Crippen LogP contribution in [0.2, 0.25) is 0 Å². The Kier molecular flexibility index (Phi) is 4.80. The van der Waals surface area contributed by atoms with E-state index in [1.54, 1.807) is 29.8 Å². The van der Waals surface area contributed by atoms with Gasteiger partial charge in [-0.1, -0.05) is 19.9 Å². The van der Waals surface area contributed by atoms with Gasteiger partial charge in [0.25, 0.3) is 5.91 Å². The van der Waals surface area contributed by atoms with Crippen LogP contribution in [0.15, 0.2) is 36.5 Å². The highest BCUT2D eigenvalue weighted by atomic mass is 19.1. The van der Waals surface area contributed by atoms with Crippen molar-refractivity contribution in [2.24, 2.45) is 0 Å². The van der Waals surface area contributed by atoms with Gasteiger partial charge in [0.1, 0.15) is 11.6 Å². The minimum absolute atomic E-state index is 0.0508. The fraction of sp³-hybridized carbons (Fsp3) is 0.292.